The summed E-state index contributed by atoms with van der Waals surface area (Å²) in [6.07, 6.45) is 0.582. The number of halogens is 1. The first-order chi connectivity index (χ1) is 13.0. The molecule has 138 valence electrons. The van der Waals surface area contributed by atoms with Crippen LogP contribution in [-0.2, 0) is 14.3 Å². The van der Waals surface area contributed by atoms with Crippen molar-refractivity contribution in [3.8, 4) is 5.75 Å². The minimum absolute atomic E-state index is 0.0637. The van der Waals surface area contributed by atoms with Crippen molar-refractivity contribution < 1.29 is 28.2 Å². The van der Waals surface area contributed by atoms with Crippen LogP contribution in [0.15, 0.2) is 42.5 Å². The van der Waals surface area contributed by atoms with Crippen LogP contribution in [0.4, 0.5) is 10.1 Å². The second kappa shape index (κ2) is 6.83. The Hall–Kier alpha value is -3.22. The van der Waals surface area contributed by atoms with E-state index in [-0.39, 0.29) is 36.0 Å². The molecule has 1 N–H and O–H groups in total. The number of fused-ring (bicyclic) bond motifs is 1. The number of Topliss-reactive ketones (excluding diaryl/α,β-unsaturated/α-hetero) is 1. The summed E-state index contributed by atoms with van der Waals surface area (Å²) < 4.78 is 23.6. The molecule has 2 atom stereocenters. The molecule has 6 nitrogen and oxygen atoms in total. The Morgan fingerprint density at radius 1 is 1.22 bits per heavy atom. The van der Waals surface area contributed by atoms with Gasteiger partial charge in [-0.2, -0.15) is 0 Å². The van der Waals surface area contributed by atoms with Crippen LogP contribution in [0.3, 0.4) is 0 Å². The molecule has 2 aromatic rings. The number of benzene rings is 2. The van der Waals surface area contributed by atoms with Crippen LogP contribution in [0.25, 0.3) is 0 Å². The molecule has 7 heteroatoms. The van der Waals surface area contributed by atoms with E-state index in [4.69, 9.17) is 9.47 Å². The van der Waals surface area contributed by atoms with Crippen molar-refractivity contribution in [1.29, 1.82) is 0 Å². The van der Waals surface area contributed by atoms with Crippen LogP contribution >= 0.6 is 0 Å². The Bertz CT molecular complexity index is 942. The Balaban J connectivity index is 1.34. The molecule has 0 unspecified atom stereocenters. The summed E-state index contributed by atoms with van der Waals surface area (Å²) in [4.78, 5) is 35.8. The van der Waals surface area contributed by atoms with Crippen molar-refractivity contribution in [2.75, 3.05) is 18.5 Å². The van der Waals surface area contributed by atoms with Gasteiger partial charge >= 0.3 is 5.97 Å². The lowest BCUT2D eigenvalue weighted by Gasteiger charge is -2.18. The maximum absolute atomic E-state index is 13.3. The molecule has 0 saturated heterocycles. The Kier molecular flexibility index (Phi) is 4.35. The van der Waals surface area contributed by atoms with Gasteiger partial charge in [0.25, 0.3) is 5.91 Å². The smallest absolute Gasteiger partial charge is 0.310 e. The van der Waals surface area contributed by atoms with Crippen molar-refractivity contribution >= 4 is 23.3 Å². The molecule has 1 aliphatic heterocycles. The van der Waals surface area contributed by atoms with Crippen molar-refractivity contribution in [3.63, 3.8) is 0 Å². The predicted octanol–water partition coefficient (Wildman–Crippen LogP) is 2.69. The molecule has 1 saturated carbocycles. The van der Waals surface area contributed by atoms with Crippen molar-refractivity contribution in [3.05, 3.63) is 59.4 Å². The van der Waals surface area contributed by atoms with Crippen LogP contribution in [0.5, 0.6) is 5.75 Å². The average Bonchev–Trinajstić information content (AvgIpc) is 3.46. The van der Waals surface area contributed by atoms with E-state index in [1.807, 2.05) is 0 Å². The molecule has 1 heterocycles. The van der Waals surface area contributed by atoms with E-state index in [1.54, 1.807) is 24.3 Å². The second-order valence-electron chi connectivity index (χ2n) is 6.58. The highest BCUT2D eigenvalue weighted by molar-refractivity contribution is 6.01. The van der Waals surface area contributed by atoms with Crippen LogP contribution < -0.4 is 10.1 Å². The summed E-state index contributed by atoms with van der Waals surface area (Å²) in [6, 6.07) is 10.8. The largest absolute Gasteiger partial charge is 0.482 e. The lowest BCUT2D eigenvalue weighted by Crippen LogP contribution is -2.25. The summed E-state index contributed by atoms with van der Waals surface area (Å²) in [5, 5.41) is 2.62. The van der Waals surface area contributed by atoms with Gasteiger partial charge in [-0.05, 0) is 48.2 Å². The number of amides is 1. The molecule has 2 aromatic carbocycles. The molecule has 1 fully saturated rings. The molecule has 1 amide bonds. The van der Waals surface area contributed by atoms with Gasteiger partial charge in [0, 0.05) is 5.56 Å². The van der Waals surface area contributed by atoms with Gasteiger partial charge in [-0.1, -0.05) is 12.1 Å². The number of rotatable bonds is 5. The lowest BCUT2D eigenvalue weighted by atomic mass is 10.1. The third kappa shape index (κ3) is 3.67. The first kappa shape index (κ1) is 17.2. The van der Waals surface area contributed by atoms with E-state index in [0.29, 0.717) is 23.4 Å². The number of carbonyl (C=O) groups is 3. The number of ether oxygens (including phenoxy) is 2. The number of ketones is 1. The standard InChI is InChI=1S/C20H16FNO5/c21-13-3-1-2-11(6-13)14-8-15(14)20(25)27-9-17(23)12-4-5-18-16(7-12)22-19(24)10-26-18/h1-7,14-15H,8-10H2,(H,22,24)/t14-,15+/m0/s1. The van der Waals surface area contributed by atoms with Crippen molar-refractivity contribution in [2.24, 2.45) is 5.92 Å². The SMILES string of the molecule is O=C1COc2ccc(C(=O)COC(=O)[C@@H]3C[C@H]3c3cccc(F)c3)cc2N1. The Labute approximate surface area is 154 Å². The maximum Gasteiger partial charge on any atom is 0.310 e. The summed E-state index contributed by atoms with van der Waals surface area (Å²) in [7, 11) is 0. The molecule has 0 radical (unpaired) electrons. The van der Waals surface area contributed by atoms with E-state index in [9.17, 15) is 18.8 Å². The molecule has 1 aliphatic carbocycles. The Morgan fingerprint density at radius 3 is 2.89 bits per heavy atom. The minimum Gasteiger partial charge on any atom is -0.482 e. The number of hydrogen-bond acceptors (Lipinski definition) is 5. The van der Waals surface area contributed by atoms with E-state index in [1.165, 1.54) is 18.2 Å². The van der Waals surface area contributed by atoms with Crippen molar-refractivity contribution in [2.45, 2.75) is 12.3 Å². The van der Waals surface area contributed by atoms with Crippen LogP contribution in [-0.4, -0.2) is 30.9 Å². The zero-order valence-corrected chi connectivity index (χ0v) is 14.2. The van der Waals surface area contributed by atoms with Gasteiger partial charge in [-0.3, -0.25) is 14.4 Å². The second-order valence-corrected chi connectivity index (χ2v) is 6.58. The van der Waals surface area contributed by atoms with Gasteiger partial charge in [0.2, 0.25) is 0 Å². The fourth-order valence-corrected chi connectivity index (χ4v) is 3.14. The third-order valence-electron chi connectivity index (χ3n) is 4.65. The third-order valence-corrected chi connectivity index (χ3v) is 4.65. The maximum atomic E-state index is 13.3. The number of hydrogen-bond donors (Lipinski definition) is 1. The van der Waals surface area contributed by atoms with Gasteiger partial charge in [-0.15, -0.1) is 0 Å². The quantitative estimate of drug-likeness (QED) is 0.647. The molecular weight excluding hydrogens is 353 g/mol. The molecule has 2 aliphatic rings. The fraction of sp³-hybridized carbons (Fsp3) is 0.250. The van der Waals surface area contributed by atoms with Gasteiger partial charge in [0.05, 0.1) is 11.6 Å². The van der Waals surface area contributed by atoms with E-state index < -0.39 is 12.6 Å². The number of anilines is 1. The summed E-state index contributed by atoms with van der Waals surface area (Å²) in [5.74, 6) is -1.42. The highest BCUT2D eigenvalue weighted by Gasteiger charge is 2.45. The zero-order valence-electron chi connectivity index (χ0n) is 14.2. The average molecular weight is 369 g/mol. The molecule has 4 rings (SSSR count). The van der Waals surface area contributed by atoms with Crippen LogP contribution in [0.1, 0.15) is 28.3 Å². The van der Waals surface area contributed by atoms with Gasteiger partial charge in [0.15, 0.2) is 19.0 Å². The first-order valence-electron chi connectivity index (χ1n) is 8.53. The van der Waals surface area contributed by atoms with Gasteiger partial charge in [-0.25, -0.2) is 4.39 Å². The van der Waals surface area contributed by atoms with Gasteiger partial charge in [0.1, 0.15) is 11.6 Å². The normalized spacial score (nSPS) is 20.1. The highest BCUT2D eigenvalue weighted by atomic mass is 19.1. The molecule has 0 aromatic heterocycles. The number of nitrogens with one attached hydrogen (secondary N) is 1. The van der Waals surface area contributed by atoms with E-state index in [2.05, 4.69) is 5.32 Å². The predicted molar refractivity (Wildman–Crippen MR) is 93.1 cm³/mol. The monoisotopic (exact) mass is 369 g/mol. The molecular formula is C20H16FNO5. The lowest BCUT2D eigenvalue weighted by molar-refractivity contribution is -0.144. The number of esters is 1. The summed E-state index contributed by atoms with van der Waals surface area (Å²) in [6.45, 7) is -0.454. The fourth-order valence-electron chi connectivity index (χ4n) is 3.14. The summed E-state index contributed by atoms with van der Waals surface area (Å²) in [5.41, 5.74) is 1.48. The van der Waals surface area contributed by atoms with Gasteiger partial charge < -0.3 is 14.8 Å². The molecule has 0 bridgehead atoms. The topological polar surface area (TPSA) is 81.7 Å². The summed E-state index contributed by atoms with van der Waals surface area (Å²) >= 11 is 0. The van der Waals surface area contributed by atoms with E-state index >= 15 is 0 Å². The highest BCUT2D eigenvalue weighted by Crippen LogP contribution is 2.48. The first-order valence-corrected chi connectivity index (χ1v) is 8.53. The van der Waals surface area contributed by atoms with Crippen LogP contribution in [0, 0.1) is 11.7 Å². The molecule has 0 spiro atoms. The van der Waals surface area contributed by atoms with Crippen LogP contribution in [0.2, 0.25) is 0 Å². The van der Waals surface area contributed by atoms with Crippen molar-refractivity contribution in [1.82, 2.24) is 0 Å². The zero-order chi connectivity index (χ0) is 19.0. The number of carbonyl (C=O) groups excluding carboxylic acids is 3. The molecule has 27 heavy (non-hydrogen) atoms. The Morgan fingerprint density at radius 2 is 2.07 bits per heavy atom. The minimum atomic E-state index is -0.466. The van der Waals surface area contributed by atoms with E-state index in [0.717, 1.165) is 5.56 Å².